The highest BCUT2D eigenvalue weighted by atomic mass is 32.1. The molecule has 1 aliphatic carbocycles. The Labute approximate surface area is 125 Å². The number of aromatic nitrogens is 4. The molecule has 0 saturated heterocycles. The second kappa shape index (κ2) is 5.35. The Morgan fingerprint density at radius 2 is 2.20 bits per heavy atom. The van der Waals surface area contributed by atoms with E-state index < -0.39 is 0 Å². The van der Waals surface area contributed by atoms with Crippen LogP contribution in [-0.4, -0.2) is 19.3 Å². The number of hydrogen-bond acceptors (Lipinski definition) is 2. The van der Waals surface area contributed by atoms with Crippen LogP contribution in [0.5, 0.6) is 0 Å². The first-order valence-electron chi connectivity index (χ1n) is 7.77. The maximum atomic E-state index is 5.60. The Morgan fingerprint density at radius 1 is 1.40 bits per heavy atom. The maximum Gasteiger partial charge on any atom is 0.179 e. The zero-order valence-electron chi connectivity index (χ0n) is 12.6. The average Bonchev–Trinajstić information content (AvgIpc) is 2.88. The van der Waals surface area contributed by atoms with Crippen molar-refractivity contribution in [3.05, 3.63) is 10.5 Å². The predicted octanol–water partition coefficient (Wildman–Crippen LogP) is 4.14. The van der Waals surface area contributed by atoms with Crippen LogP contribution in [0.1, 0.15) is 57.7 Å². The molecule has 20 heavy (non-hydrogen) atoms. The minimum absolute atomic E-state index is 0.532. The highest BCUT2D eigenvalue weighted by molar-refractivity contribution is 7.71. The van der Waals surface area contributed by atoms with Crippen molar-refractivity contribution in [2.75, 3.05) is 0 Å². The Balaban J connectivity index is 2.10. The number of rotatable bonds is 3. The van der Waals surface area contributed by atoms with Gasteiger partial charge in [0.25, 0.3) is 0 Å². The summed E-state index contributed by atoms with van der Waals surface area (Å²) in [6, 6.07) is 0.532. The van der Waals surface area contributed by atoms with E-state index in [0.717, 1.165) is 34.7 Å². The highest BCUT2D eigenvalue weighted by Gasteiger charge is 2.25. The monoisotopic (exact) mass is 292 g/mol. The van der Waals surface area contributed by atoms with Crippen LogP contribution in [-0.2, 0) is 13.5 Å². The molecule has 1 fully saturated rings. The fraction of sp³-hybridized carbons (Fsp3) is 0.733. The predicted molar refractivity (Wildman–Crippen MR) is 84.6 cm³/mol. The van der Waals surface area contributed by atoms with Gasteiger partial charge in [0.15, 0.2) is 10.4 Å². The molecule has 3 rings (SSSR count). The Bertz CT molecular complexity index is 663. The highest BCUT2D eigenvalue weighted by Crippen LogP contribution is 2.35. The molecule has 0 radical (unpaired) electrons. The van der Waals surface area contributed by atoms with Gasteiger partial charge < -0.3 is 4.98 Å². The van der Waals surface area contributed by atoms with Crippen molar-refractivity contribution in [1.82, 2.24) is 19.3 Å². The zero-order chi connectivity index (χ0) is 14.3. The molecule has 1 N–H and O–H groups in total. The van der Waals surface area contributed by atoms with Gasteiger partial charge in [-0.3, -0.25) is 9.25 Å². The van der Waals surface area contributed by atoms with Gasteiger partial charge in [0.1, 0.15) is 5.52 Å². The molecule has 2 unspecified atom stereocenters. The van der Waals surface area contributed by atoms with Gasteiger partial charge in [-0.1, -0.05) is 33.1 Å². The summed E-state index contributed by atoms with van der Waals surface area (Å²) in [4.78, 5) is 3.41. The largest absolute Gasteiger partial charge is 0.328 e. The normalized spacial score (nSPS) is 23.6. The topological polar surface area (TPSA) is 38.5 Å². The first-order valence-corrected chi connectivity index (χ1v) is 8.18. The summed E-state index contributed by atoms with van der Waals surface area (Å²) in [5, 5.41) is 4.67. The van der Waals surface area contributed by atoms with Crippen LogP contribution in [0.4, 0.5) is 0 Å². The maximum absolute atomic E-state index is 5.60. The fourth-order valence-corrected chi connectivity index (χ4v) is 3.96. The van der Waals surface area contributed by atoms with Crippen molar-refractivity contribution in [1.29, 1.82) is 0 Å². The van der Waals surface area contributed by atoms with Gasteiger partial charge in [-0.05, 0) is 37.4 Å². The lowest BCUT2D eigenvalue weighted by atomic mass is 9.87. The molecule has 0 aromatic carbocycles. The summed E-state index contributed by atoms with van der Waals surface area (Å²) in [6.07, 6.45) is 7.24. The molecule has 0 spiro atoms. The van der Waals surface area contributed by atoms with Crippen LogP contribution < -0.4 is 0 Å². The quantitative estimate of drug-likeness (QED) is 0.864. The third-order valence-corrected chi connectivity index (χ3v) is 4.83. The number of nitrogens with zero attached hydrogens (tertiary/aromatic N) is 3. The SMILES string of the molecule is CCCc1nn(C)c2c1[nH]c(=S)n2C1CCCC(C)C1. The Morgan fingerprint density at radius 3 is 2.90 bits per heavy atom. The molecule has 0 bridgehead atoms. The van der Waals surface area contributed by atoms with Crippen molar-refractivity contribution in [3.63, 3.8) is 0 Å². The zero-order valence-corrected chi connectivity index (χ0v) is 13.5. The van der Waals surface area contributed by atoms with Crippen LogP contribution in [0.15, 0.2) is 0 Å². The van der Waals surface area contributed by atoms with Crippen LogP contribution in [0, 0.1) is 10.7 Å². The molecular formula is C15H24N4S. The minimum Gasteiger partial charge on any atom is -0.328 e. The molecule has 1 saturated carbocycles. The van der Waals surface area contributed by atoms with Crippen molar-refractivity contribution in [2.45, 2.75) is 58.4 Å². The first-order chi connectivity index (χ1) is 9.61. The van der Waals surface area contributed by atoms with Gasteiger partial charge in [0.05, 0.1) is 5.69 Å². The van der Waals surface area contributed by atoms with E-state index in [1.54, 1.807) is 0 Å². The Hall–Kier alpha value is -1.10. The van der Waals surface area contributed by atoms with Gasteiger partial charge >= 0.3 is 0 Å². The fourth-order valence-electron chi connectivity index (χ4n) is 3.62. The number of imidazole rings is 1. The summed E-state index contributed by atoms with van der Waals surface area (Å²) >= 11 is 5.60. The molecule has 1 aliphatic rings. The lowest BCUT2D eigenvalue weighted by Gasteiger charge is -2.28. The van der Waals surface area contributed by atoms with Crippen LogP contribution in [0.25, 0.3) is 11.2 Å². The van der Waals surface area contributed by atoms with E-state index in [-0.39, 0.29) is 0 Å². The van der Waals surface area contributed by atoms with Crippen molar-refractivity contribution < 1.29 is 0 Å². The number of hydrogen-bond donors (Lipinski definition) is 1. The number of nitrogens with one attached hydrogen (secondary N) is 1. The lowest BCUT2D eigenvalue weighted by Crippen LogP contribution is -2.18. The summed E-state index contributed by atoms with van der Waals surface area (Å²) < 4.78 is 5.20. The molecule has 2 heterocycles. The minimum atomic E-state index is 0.532. The van der Waals surface area contributed by atoms with Gasteiger partial charge in [0, 0.05) is 13.1 Å². The second-order valence-electron chi connectivity index (χ2n) is 6.24. The van der Waals surface area contributed by atoms with E-state index in [1.807, 2.05) is 11.7 Å². The molecule has 2 aromatic heterocycles. The molecule has 2 atom stereocenters. The number of aryl methyl sites for hydroxylation is 2. The van der Waals surface area contributed by atoms with E-state index in [0.29, 0.717) is 6.04 Å². The molecule has 0 amide bonds. The summed E-state index contributed by atoms with van der Waals surface area (Å²) in [5.41, 5.74) is 3.48. The molecule has 5 heteroatoms. The van der Waals surface area contributed by atoms with Crippen LogP contribution in [0.2, 0.25) is 0 Å². The third-order valence-electron chi connectivity index (χ3n) is 4.53. The van der Waals surface area contributed by atoms with Crippen molar-refractivity contribution in [3.8, 4) is 0 Å². The lowest BCUT2D eigenvalue weighted by molar-refractivity contribution is 0.283. The van der Waals surface area contributed by atoms with Gasteiger partial charge in [-0.25, -0.2) is 0 Å². The summed E-state index contributed by atoms with van der Waals surface area (Å²) in [6.45, 7) is 4.54. The molecular weight excluding hydrogens is 268 g/mol. The molecule has 110 valence electrons. The summed E-state index contributed by atoms with van der Waals surface area (Å²) in [5.74, 6) is 0.795. The van der Waals surface area contributed by atoms with Crippen LogP contribution in [0.3, 0.4) is 0 Å². The van der Waals surface area contributed by atoms with Gasteiger partial charge in [0.2, 0.25) is 0 Å². The van der Waals surface area contributed by atoms with E-state index in [4.69, 9.17) is 12.2 Å². The van der Waals surface area contributed by atoms with Crippen LogP contribution >= 0.6 is 12.2 Å². The van der Waals surface area contributed by atoms with E-state index in [1.165, 1.54) is 31.3 Å². The number of H-pyrrole nitrogens is 1. The Kier molecular flexibility index (Phi) is 3.71. The smallest absolute Gasteiger partial charge is 0.179 e. The van der Waals surface area contributed by atoms with Gasteiger partial charge in [-0.15, -0.1) is 0 Å². The molecule has 2 aromatic rings. The number of fused-ring (bicyclic) bond motifs is 1. The van der Waals surface area contributed by atoms with Crippen molar-refractivity contribution >= 4 is 23.4 Å². The second-order valence-corrected chi connectivity index (χ2v) is 6.63. The summed E-state index contributed by atoms with van der Waals surface area (Å²) in [7, 11) is 2.03. The van der Waals surface area contributed by atoms with Gasteiger partial charge in [-0.2, -0.15) is 5.10 Å². The third kappa shape index (κ3) is 2.22. The van der Waals surface area contributed by atoms with E-state index in [9.17, 15) is 0 Å². The van der Waals surface area contributed by atoms with E-state index >= 15 is 0 Å². The average molecular weight is 292 g/mol. The number of aromatic amines is 1. The standard InChI is InChI=1S/C15H24N4S/c1-4-6-12-13-14(18(3)17-12)19(15(20)16-13)11-8-5-7-10(2)9-11/h10-11H,4-9H2,1-3H3,(H,16,20). The first kappa shape index (κ1) is 13.9. The molecule has 4 nitrogen and oxygen atoms in total. The van der Waals surface area contributed by atoms with Crippen molar-refractivity contribution in [2.24, 2.45) is 13.0 Å². The molecule has 0 aliphatic heterocycles. The van der Waals surface area contributed by atoms with E-state index in [2.05, 4.69) is 28.5 Å².